The Morgan fingerprint density at radius 1 is 1.38 bits per heavy atom. The predicted molar refractivity (Wildman–Crippen MR) is 71.5 cm³/mol. The molecule has 1 rings (SSSR count). The third-order valence-electron chi connectivity index (χ3n) is 4.16. The van der Waals surface area contributed by atoms with Crippen LogP contribution in [0.1, 0.15) is 52.9 Å². The molecule has 2 N–H and O–H groups in total. The van der Waals surface area contributed by atoms with E-state index in [4.69, 9.17) is 5.73 Å². The Balaban J connectivity index is 2.29. The Morgan fingerprint density at radius 3 is 2.69 bits per heavy atom. The van der Waals surface area contributed by atoms with E-state index in [2.05, 4.69) is 25.7 Å². The number of likely N-dealkylation sites (tertiary alicyclic amines) is 1. The van der Waals surface area contributed by atoms with E-state index in [0.29, 0.717) is 12.0 Å². The lowest BCUT2D eigenvalue weighted by molar-refractivity contribution is 0.142. The smallest absolute Gasteiger partial charge is 0.0194 e. The highest BCUT2D eigenvalue weighted by Crippen LogP contribution is 2.19. The van der Waals surface area contributed by atoms with Crippen LogP contribution in [0, 0.1) is 11.8 Å². The summed E-state index contributed by atoms with van der Waals surface area (Å²) < 4.78 is 0. The largest absolute Gasteiger partial charge is 0.326 e. The standard InChI is InChI=1S/C14H30N2/c1-4-6-7-13(5-2)10-16-9-8-12(3)14(15)11-16/h12-14H,4-11,15H2,1-3H3. The van der Waals surface area contributed by atoms with Crippen LogP contribution < -0.4 is 5.73 Å². The van der Waals surface area contributed by atoms with Crippen LogP contribution in [-0.4, -0.2) is 30.6 Å². The first-order valence-electron chi connectivity index (χ1n) is 7.15. The first kappa shape index (κ1) is 14.0. The van der Waals surface area contributed by atoms with Gasteiger partial charge >= 0.3 is 0 Å². The fourth-order valence-corrected chi connectivity index (χ4v) is 2.62. The van der Waals surface area contributed by atoms with Crippen LogP contribution in [0.15, 0.2) is 0 Å². The van der Waals surface area contributed by atoms with Crippen molar-refractivity contribution in [2.75, 3.05) is 19.6 Å². The average Bonchev–Trinajstić information content (AvgIpc) is 2.29. The molecule has 0 aromatic rings. The van der Waals surface area contributed by atoms with Crippen LogP contribution in [-0.2, 0) is 0 Å². The van der Waals surface area contributed by atoms with Crippen LogP contribution in [0.2, 0.25) is 0 Å². The summed E-state index contributed by atoms with van der Waals surface area (Å²) in [6.45, 7) is 10.5. The third-order valence-corrected chi connectivity index (χ3v) is 4.16. The molecule has 3 unspecified atom stereocenters. The molecule has 0 aromatic heterocycles. The summed E-state index contributed by atoms with van der Waals surface area (Å²) in [5, 5.41) is 0. The lowest BCUT2D eigenvalue weighted by Gasteiger charge is -2.36. The second-order valence-electron chi connectivity index (χ2n) is 5.61. The highest BCUT2D eigenvalue weighted by molar-refractivity contribution is 4.81. The molecule has 0 amide bonds. The average molecular weight is 226 g/mol. The maximum atomic E-state index is 6.14. The van der Waals surface area contributed by atoms with E-state index in [9.17, 15) is 0 Å². The summed E-state index contributed by atoms with van der Waals surface area (Å²) in [4.78, 5) is 2.59. The molecule has 2 heteroatoms. The molecule has 0 saturated carbocycles. The van der Waals surface area contributed by atoms with Gasteiger partial charge < -0.3 is 10.6 Å². The molecular weight excluding hydrogens is 196 g/mol. The summed E-state index contributed by atoms with van der Waals surface area (Å²) in [6.07, 6.45) is 6.71. The number of unbranched alkanes of at least 4 members (excludes halogenated alkanes) is 1. The molecule has 0 radical (unpaired) electrons. The Hall–Kier alpha value is -0.0800. The molecule has 96 valence electrons. The highest BCUT2D eigenvalue weighted by Gasteiger charge is 2.24. The first-order chi connectivity index (χ1) is 7.67. The zero-order valence-electron chi connectivity index (χ0n) is 11.4. The summed E-state index contributed by atoms with van der Waals surface area (Å²) >= 11 is 0. The van der Waals surface area contributed by atoms with Gasteiger partial charge in [-0.2, -0.15) is 0 Å². The minimum atomic E-state index is 0.400. The molecule has 0 bridgehead atoms. The number of hydrogen-bond acceptors (Lipinski definition) is 2. The van der Waals surface area contributed by atoms with Crippen molar-refractivity contribution in [1.82, 2.24) is 4.90 Å². The van der Waals surface area contributed by atoms with Gasteiger partial charge in [-0.1, -0.05) is 40.0 Å². The second-order valence-corrected chi connectivity index (χ2v) is 5.61. The summed E-state index contributed by atoms with van der Waals surface area (Å²) in [5.41, 5.74) is 6.14. The maximum Gasteiger partial charge on any atom is 0.0194 e. The number of hydrogen-bond donors (Lipinski definition) is 1. The molecule has 0 spiro atoms. The quantitative estimate of drug-likeness (QED) is 0.754. The van der Waals surface area contributed by atoms with Crippen molar-refractivity contribution in [1.29, 1.82) is 0 Å². The molecule has 16 heavy (non-hydrogen) atoms. The van der Waals surface area contributed by atoms with Crippen molar-refractivity contribution in [2.45, 2.75) is 58.9 Å². The molecule has 1 fully saturated rings. The molecule has 1 aliphatic rings. The van der Waals surface area contributed by atoms with Crippen molar-refractivity contribution >= 4 is 0 Å². The van der Waals surface area contributed by atoms with Gasteiger partial charge in [0.05, 0.1) is 0 Å². The van der Waals surface area contributed by atoms with Crippen molar-refractivity contribution in [3.8, 4) is 0 Å². The van der Waals surface area contributed by atoms with Crippen LogP contribution in [0.3, 0.4) is 0 Å². The monoisotopic (exact) mass is 226 g/mol. The van der Waals surface area contributed by atoms with Crippen LogP contribution in [0.5, 0.6) is 0 Å². The topological polar surface area (TPSA) is 29.3 Å². The second kappa shape index (κ2) is 7.29. The van der Waals surface area contributed by atoms with Gasteiger partial charge in [0.1, 0.15) is 0 Å². The van der Waals surface area contributed by atoms with Gasteiger partial charge in [-0.3, -0.25) is 0 Å². The van der Waals surface area contributed by atoms with E-state index in [0.717, 1.165) is 12.5 Å². The zero-order valence-corrected chi connectivity index (χ0v) is 11.4. The number of nitrogens with two attached hydrogens (primary N) is 1. The van der Waals surface area contributed by atoms with E-state index in [1.165, 1.54) is 45.2 Å². The minimum absolute atomic E-state index is 0.400. The van der Waals surface area contributed by atoms with Gasteiger partial charge in [0.15, 0.2) is 0 Å². The molecule has 3 atom stereocenters. The summed E-state index contributed by atoms with van der Waals surface area (Å²) in [6, 6.07) is 0.400. The molecular formula is C14H30N2. The normalized spacial score (nSPS) is 29.2. The molecule has 1 aliphatic heterocycles. The van der Waals surface area contributed by atoms with Crippen LogP contribution >= 0.6 is 0 Å². The van der Waals surface area contributed by atoms with E-state index in [1.807, 2.05) is 0 Å². The molecule has 1 saturated heterocycles. The van der Waals surface area contributed by atoms with Gasteiger partial charge in [0.2, 0.25) is 0 Å². The number of rotatable bonds is 6. The third kappa shape index (κ3) is 4.42. The number of nitrogens with zero attached hydrogens (tertiary/aromatic N) is 1. The van der Waals surface area contributed by atoms with Gasteiger partial charge in [-0.15, -0.1) is 0 Å². The van der Waals surface area contributed by atoms with Crippen molar-refractivity contribution in [3.63, 3.8) is 0 Å². The summed E-state index contributed by atoms with van der Waals surface area (Å²) in [7, 11) is 0. The Bertz CT molecular complexity index is 182. The van der Waals surface area contributed by atoms with Crippen molar-refractivity contribution in [3.05, 3.63) is 0 Å². The summed E-state index contributed by atoms with van der Waals surface area (Å²) in [5.74, 6) is 1.60. The van der Waals surface area contributed by atoms with E-state index >= 15 is 0 Å². The SMILES string of the molecule is CCCCC(CC)CN1CCC(C)C(N)C1. The van der Waals surface area contributed by atoms with Gasteiger partial charge in [0, 0.05) is 19.1 Å². The van der Waals surface area contributed by atoms with Crippen molar-refractivity contribution in [2.24, 2.45) is 17.6 Å². The van der Waals surface area contributed by atoms with E-state index < -0.39 is 0 Å². The van der Waals surface area contributed by atoms with Gasteiger partial charge in [-0.05, 0) is 31.2 Å². The van der Waals surface area contributed by atoms with Gasteiger partial charge in [-0.25, -0.2) is 0 Å². The first-order valence-corrected chi connectivity index (χ1v) is 7.15. The molecule has 1 heterocycles. The fraction of sp³-hybridized carbons (Fsp3) is 1.00. The molecule has 0 aromatic carbocycles. The Morgan fingerprint density at radius 2 is 2.12 bits per heavy atom. The Labute approximate surface area is 102 Å². The predicted octanol–water partition coefficient (Wildman–Crippen LogP) is 2.87. The zero-order chi connectivity index (χ0) is 12.0. The highest BCUT2D eigenvalue weighted by atomic mass is 15.1. The molecule has 2 nitrogen and oxygen atoms in total. The van der Waals surface area contributed by atoms with Crippen LogP contribution in [0.25, 0.3) is 0 Å². The lowest BCUT2D eigenvalue weighted by atomic mass is 9.92. The Kier molecular flexibility index (Phi) is 6.37. The maximum absolute atomic E-state index is 6.14. The van der Waals surface area contributed by atoms with Crippen molar-refractivity contribution < 1.29 is 0 Å². The van der Waals surface area contributed by atoms with Crippen LogP contribution in [0.4, 0.5) is 0 Å². The molecule has 0 aliphatic carbocycles. The lowest BCUT2D eigenvalue weighted by Crippen LogP contribution is -2.48. The van der Waals surface area contributed by atoms with E-state index in [-0.39, 0.29) is 0 Å². The van der Waals surface area contributed by atoms with E-state index in [1.54, 1.807) is 0 Å². The van der Waals surface area contributed by atoms with Gasteiger partial charge in [0.25, 0.3) is 0 Å². The fourth-order valence-electron chi connectivity index (χ4n) is 2.62. The minimum Gasteiger partial charge on any atom is -0.326 e. The number of piperidine rings is 1.